The van der Waals surface area contributed by atoms with Gasteiger partial charge in [0.2, 0.25) is 0 Å². The molecule has 32 heavy (non-hydrogen) atoms. The first-order chi connectivity index (χ1) is 15.7. The number of likely N-dealkylation sites (tertiary alicyclic amines) is 1. The van der Waals surface area contributed by atoms with Gasteiger partial charge in [-0.1, -0.05) is 32.1 Å². The smallest absolute Gasteiger partial charge is 0.253 e. The fourth-order valence-corrected chi connectivity index (χ4v) is 5.35. The molecule has 2 aliphatic rings. The van der Waals surface area contributed by atoms with Crippen molar-refractivity contribution < 1.29 is 4.74 Å². The van der Waals surface area contributed by atoms with Crippen LogP contribution in [-0.2, 0) is 0 Å². The first-order valence-corrected chi connectivity index (χ1v) is 12.0. The topological polar surface area (TPSA) is 88.9 Å². The van der Waals surface area contributed by atoms with Crippen molar-refractivity contribution in [2.24, 2.45) is 0 Å². The number of aromatic amines is 1. The lowest BCUT2D eigenvalue weighted by atomic mass is 9.95. The second-order valence-electron chi connectivity index (χ2n) is 9.13. The Labute approximate surface area is 188 Å². The molecule has 8 nitrogen and oxygen atoms in total. The Balaban J connectivity index is 1.62. The van der Waals surface area contributed by atoms with Crippen LogP contribution in [0.3, 0.4) is 0 Å². The Bertz CT molecular complexity index is 1110. The van der Waals surface area contributed by atoms with Crippen LogP contribution in [0, 0.1) is 0 Å². The van der Waals surface area contributed by atoms with Crippen molar-refractivity contribution in [3.63, 3.8) is 0 Å². The van der Waals surface area contributed by atoms with E-state index in [1.807, 2.05) is 28.9 Å². The highest BCUT2D eigenvalue weighted by Gasteiger charge is 2.33. The lowest BCUT2D eigenvalue weighted by Gasteiger charge is -2.31. The van der Waals surface area contributed by atoms with E-state index in [0.29, 0.717) is 6.04 Å². The predicted molar refractivity (Wildman–Crippen MR) is 123 cm³/mol. The Hall–Kier alpha value is -2.74. The molecule has 1 aliphatic carbocycles. The summed E-state index contributed by atoms with van der Waals surface area (Å²) < 4.78 is 7.35. The molecule has 1 aromatic carbocycles. The molecule has 2 fully saturated rings. The number of hydrogen-bond donors (Lipinski definition) is 1. The van der Waals surface area contributed by atoms with Crippen molar-refractivity contribution in [2.45, 2.75) is 69.9 Å². The quantitative estimate of drug-likeness (QED) is 0.650. The Morgan fingerprint density at radius 1 is 1.03 bits per heavy atom. The van der Waals surface area contributed by atoms with E-state index in [9.17, 15) is 4.79 Å². The Morgan fingerprint density at radius 3 is 2.53 bits per heavy atom. The molecule has 1 saturated carbocycles. The molecule has 1 saturated heterocycles. The second kappa shape index (κ2) is 9.40. The lowest BCUT2D eigenvalue weighted by molar-refractivity contribution is 0.210. The van der Waals surface area contributed by atoms with Crippen molar-refractivity contribution in [1.82, 2.24) is 30.1 Å². The number of nitrogens with zero attached hydrogens (tertiary/aromatic N) is 5. The van der Waals surface area contributed by atoms with E-state index in [1.165, 1.54) is 32.1 Å². The van der Waals surface area contributed by atoms with Gasteiger partial charge in [0.1, 0.15) is 11.8 Å². The molecule has 0 amide bonds. The summed E-state index contributed by atoms with van der Waals surface area (Å²) in [4.78, 5) is 18.9. The monoisotopic (exact) mass is 436 g/mol. The molecular formula is C24H32N6O2. The SMILES string of the molecule is COc1ccc2cc([C@@H](c3nnnn3C3CCCCC3)N3CCCCCC3)c(=O)[nH]c2c1. The molecule has 1 atom stereocenters. The highest BCUT2D eigenvalue weighted by Crippen LogP contribution is 2.34. The number of H-pyrrole nitrogens is 1. The zero-order valence-electron chi connectivity index (χ0n) is 18.8. The van der Waals surface area contributed by atoms with Crippen LogP contribution in [-0.4, -0.2) is 50.3 Å². The van der Waals surface area contributed by atoms with Crippen molar-refractivity contribution in [3.8, 4) is 5.75 Å². The van der Waals surface area contributed by atoms with Crippen LogP contribution in [0.25, 0.3) is 10.9 Å². The molecule has 3 aromatic rings. The minimum Gasteiger partial charge on any atom is -0.497 e. The third-order valence-electron chi connectivity index (χ3n) is 7.07. The van der Waals surface area contributed by atoms with E-state index >= 15 is 0 Å². The molecule has 8 heteroatoms. The molecule has 170 valence electrons. The zero-order valence-corrected chi connectivity index (χ0v) is 18.8. The van der Waals surface area contributed by atoms with Crippen LogP contribution in [0.5, 0.6) is 5.75 Å². The molecule has 0 unspecified atom stereocenters. The van der Waals surface area contributed by atoms with Crippen LogP contribution in [0.15, 0.2) is 29.1 Å². The van der Waals surface area contributed by atoms with Crippen LogP contribution in [0.4, 0.5) is 0 Å². The highest BCUT2D eigenvalue weighted by molar-refractivity contribution is 5.80. The maximum atomic E-state index is 13.4. The Kier molecular flexibility index (Phi) is 6.21. The van der Waals surface area contributed by atoms with Gasteiger partial charge in [0.05, 0.1) is 18.7 Å². The molecule has 5 rings (SSSR count). The third-order valence-corrected chi connectivity index (χ3v) is 7.07. The van der Waals surface area contributed by atoms with Gasteiger partial charge in [-0.05, 0) is 72.8 Å². The van der Waals surface area contributed by atoms with Gasteiger partial charge in [-0.15, -0.1) is 5.10 Å². The molecule has 0 bridgehead atoms. The number of methoxy groups -OCH3 is 1. The second-order valence-corrected chi connectivity index (χ2v) is 9.13. The predicted octanol–water partition coefficient (Wildman–Crippen LogP) is 3.99. The normalized spacial score (nSPS) is 19.7. The summed E-state index contributed by atoms with van der Waals surface area (Å²) in [5, 5.41) is 14.0. The number of aromatic nitrogens is 5. The highest BCUT2D eigenvalue weighted by atomic mass is 16.5. The van der Waals surface area contributed by atoms with Crippen LogP contribution < -0.4 is 10.3 Å². The number of hydrogen-bond acceptors (Lipinski definition) is 6. The maximum Gasteiger partial charge on any atom is 0.253 e. The van der Waals surface area contributed by atoms with Crippen LogP contribution in [0.2, 0.25) is 0 Å². The van der Waals surface area contributed by atoms with Gasteiger partial charge in [0, 0.05) is 11.6 Å². The Morgan fingerprint density at radius 2 is 1.78 bits per heavy atom. The van der Waals surface area contributed by atoms with Crippen molar-refractivity contribution in [3.05, 3.63) is 46.0 Å². The van der Waals surface area contributed by atoms with E-state index in [2.05, 4.69) is 25.4 Å². The van der Waals surface area contributed by atoms with Gasteiger partial charge >= 0.3 is 0 Å². The fraction of sp³-hybridized carbons (Fsp3) is 0.583. The summed E-state index contributed by atoms with van der Waals surface area (Å²) in [6, 6.07) is 7.87. The van der Waals surface area contributed by atoms with Crippen LogP contribution in [0.1, 0.15) is 81.3 Å². The van der Waals surface area contributed by atoms with Gasteiger partial charge in [0.15, 0.2) is 5.82 Å². The van der Waals surface area contributed by atoms with Crippen molar-refractivity contribution in [2.75, 3.05) is 20.2 Å². The number of pyridine rings is 1. The average Bonchev–Trinajstić information content (AvgIpc) is 3.15. The minimum absolute atomic E-state index is 0.0850. The summed E-state index contributed by atoms with van der Waals surface area (Å²) in [7, 11) is 1.63. The summed E-state index contributed by atoms with van der Waals surface area (Å²) in [6.45, 7) is 1.89. The van der Waals surface area contributed by atoms with Gasteiger partial charge in [-0.2, -0.15) is 0 Å². The number of benzene rings is 1. The summed E-state index contributed by atoms with van der Waals surface area (Å²) in [6.07, 6.45) is 10.6. The summed E-state index contributed by atoms with van der Waals surface area (Å²) in [5.41, 5.74) is 1.41. The molecule has 0 spiro atoms. The van der Waals surface area contributed by atoms with Gasteiger partial charge in [-0.25, -0.2) is 4.68 Å². The standard InChI is InChI=1S/C24H32N6O2/c1-32-19-12-11-17-15-20(24(31)25-21(17)16-19)22(29-13-7-2-3-8-14-29)23-26-27-28-30(23)18-9-5-4-6-10-18/h11-12,15-16,18,22H,2-10,13-14H2,1H3,(H,25,31)/t22-/m0/s1. The van der Waals surface area contributed by atoms with E-state index in [0.717, 1.165) is 66.8 Å². The molecule has 1 N–H and O–H groups in total. The van der Waals surface area contributed by atoms with Gasteiger partial charge < -0.3 is 9.72 Å². The zero-order chi connectivity index (χ0) is 21.9. The first-order valence-electron chi connectivity index (χ1n) is 12.0. The fourth-order valence-electron chi connectivity index (χ4n) is 5.35. The molecule has 2 aromatic heterocycles. The van der Waals surface area contributed by atoms with Crippen molar-refractivity contribution >= 4 is 10.9 Å². The van der Waals surface area contributed by atoms with Crippen molar-refractivity contribution in [1.29, 1.82) is 0 Å². The van der Waals surface area contributed by atoms with E-state index in [4.69, 9.17) is 4.74 Å². The summed E-state index contributed by atoms with van der Waals surface area (Å²) in [5.74, 6) is 1.53. The molecule has 1 aliphatic heterocycles. The van der Waals surface area contributed by atoms with E-state index in [1.54, 1.807) is 7.11 Å². The number of ether oxygens (including phenoxy) is 1. The average molecular weight is 437 g/mol. The first kappa shape index (κ1) is 21.1. The maximum absolute atomic E-state index is 13.4. The van der Waals surface area contributed by atoms with E-state index < -0.39 is 0 Å². The number of tetrazole rings is 1. The van der Waals surface area contributed by atoms with Crippen LogP contribution >= 0.6 is 0 Å². The van der Waals surface area contributed by atoms with E-state index in [-0.39, 0.29) is 11.6 Å². The minimum atomic E-state index is -0.250. The molecule has 3 heterocycles. The molecule has 0 radical (unpaired) electrons. The third kappa shape index (κ3) is 4.16. The lowest BCUT2D eigenvalue weighted by Crippen LogP contribution is -2.36. The summed E-state index contributed by atoms with van der Waals surface area (Å²) >= 11 is 0. The van der Waals surface area contributed by atoms with Gasteiger partial charge in [0.25, 0.3) is 5.56 Å². The number of nitrogens with one attached hydrogen (secondary N) is 1. The largest absolute Gasteiger partial charge is 0.497 e. The number of rotatable bonds is 5. The van der Waals surface area contributed by atoms with Gasteiger partial charge in [-0.3, -0.25) is 9.69 Å². The number of fused-ring (bicyclic) bond motifs is 1. The molecular weight excluding hydrogens is 404 g/mol.